The van der Waals surface area contributed by atoms with Crippen LogP contribution in [-0.4, -0.2) is 64.2 Å². The van der Waals surface area contributed by atoms with Crippen molar-refractivity contribution in [3.05, 3.63) is 11.7 Å². The van der Waals surface area contributed by atoms with E-state index in [0.717, 1.165) is 44.8 Å². The summed E-state index contributed by atoms with van der Waals surface area (Å²) in [5, 5.41) is 3.94. The molecule has 0 spiro atoms. The van der Waals surface area contributed by atoms with Crippen molar-refractivity contribution in [2.24, 2.45) is 0 Å². The second-order valence-corrected chi connectivity index (χ2v) is 5.89. The first-order valence-corrected chi connectivity index (χ1v) is 7.58. The molecule has 21 heavy (non-hydrogen) atoms. The third-order valence-electron chi connectivity index (χ3n) is 4.14. The Bertz CT molecular complexity index is 504. The summed E-state index contributed by atoms with van der Waals surface area (Å²) in [6.07, 6.45) is 1.89. The van der Waals surface area contributed by atoms with Gasteiger partial charge in [0.15, 0.2) is 5.82 Å². The number of nitrogens with zero attached hydrogens (tertiary/aromatic N) is 4. The third-order valence-corrected chi connectivity index (χ3v) is 4.14. The molecule has 0 N–H and O–H groups in total. The Kier molecular flexibility index (Phi) is 4.21. The SMILES string of the molecule is Cc1nc(CN2CCCN([C@H]3C[C@@H](C)OC3=O)CC2)no1. The lowest BCUT2D eigenvalue weighted by Gasteiger charge is -2.24. The number of carbonyl (C=O) groups excluding carboxylic acids is 1. The smallest absolute Gasteiger partial charge is 0.323 e. The van der Waals surface area contributed by atoms with E-state index >= 15 is 0 Å². The maximum absolute atomic E-state index is 11.9. The molecule has 2 saturated heterocycles. The molecule has 1 aromatic rings. The number of rotatable bonds is 3. The van der Waals surface area contributed by atoms with Gasteiger partial charge in [-0.25, -0.2) is 0 Å². The van der Waals surface area contributed by atoms with Crippen molar-refractivity contribution in [3.8, 4) is 0 Å². The fraction of sp³-hybridized carbons (Fsp3) is 0.786. The molecule has 0 amide bonds. The van der Waals surface area contributed by atoms with E-state index in [1.807, 2.05) is 6.92 Å². The molecular formula is C14H22N4O3. The maximum Gasteiger partial charge on any atom is 0.323 e. The number of ether oxygens (including phenoxy) is 1. The Hall–Kier alpha value is -1.47. The lowest BCUT2D eigenvalue weighted by atomic mass is 10.1. The van der Waals surface area contributed by atoms with Gasteiger partial charge in [-0.1, -0.05) is 5.16 Å². The first-order valence-electron chi connectivity index (χ1n) is 7.58. The molecule has 2 aliphatic heterocycles. The van der Waals surface area contributed by atoms with Crippen molar-refractivity contribution >= 4 is 5.97 Å². The zero-order valence-electron chi connectivity index (χ0n) is 12.6. The number of carbonyl (C=O) groups is 1. The van der Waals surface area contributed by atoms with Gasteiger partial charge in [-0.3, -0.25) is 14.6 Å². The van der Waals surface area contributed by atoms with Crippen molar-refractivity contribution in [2.75, 3.05) is 26.2 Å². The Morgan fingerprint density at radius 2 is 2.14 bits per heavy atom. The Labute approximate surface area is 124 Å². The molecule has 7 nitrogen and oxygen atoms in total. The summed E-state index contributed by atoms with van der Waals surface area (Å²) in [4.78, 5) is 20.7. The number of esters is 1. The molecule has 116 valence electrons. The van der Waals surface area contributed by atoms with E-state index in [2.05, 4.69) is 19.9 Å². The molecule has 2 aliphatic rings. The molecule has 0 aromatic carbocycles. The fourth-order valence-electron chi connectivity index (χ4n) is 3.10. The highest BCUT2D eigenvalue weighted by Gasteiger charge is 2.36. The van der Waals surface area contributed by atoms with E-state index < -0.39 is 0 Å². The van der Waals surface area contributed by atoms with Crippen LogP contribution in [0.1, 0.15) is 31.5 Å². The van der Waals surface area contributed by atoms with Crippen molar-refractivity contribution in [1.82, 2.24) is 19.9 Å². The second kappa shape index (κ2) is 6.11. The highest BCUT2D eigenvalue weighted by atomic mass is 16.6. The van der Waals surface area contributed by atoms with E-state index in [1.54, 1.807) is 6.92 Å². The van der Waals surface area contributed by atoms with Crippen molar-refractivity contribution in [3.63, 3.8) is 0 Å². The molecule has 0 aliphatic carbocycles. The molecule has 2 atom stereocenters. The van der Waals surface area contributed by atoms with Gasteiger partial charge >= 0.3 is 5.97 Å². The normalized spacial score (nSPS) is 28.6. The lowest BCUT2D eigenvalue weighted by molar-refractivity contribution is -0.144. The number of aryl methyl sites for hydroxylation is 1. The van der Waals surface area contributed by atoms with Crippen LogP contribution >= 0.6 is 0 Å². The molecule has 0 saturated carbocycles. The summed E-state index contributed by atoms with van der Waals surface area (Å²) in [7, 11) is 0. The predicted octanol–water partition coefficient (Wildman–Crippen LogP) is 0.590. The summed E-state index contributed by atoms with van der Waals surface area (Å²) in [5.74, 6) is 1.27. The number of aromatic nitrogens is 2. The van der Waals surface area contributed by atoms with Gasteiger partial charge < -0.3 is 9.26 Å². The summed E-state index contributed by atoms with van der Waals surface area (Å²) in [6, 6.07) is -0.0626. The van der Waals surface area contributed by atoms with Crippen LogP contribution < -0.4 is 0 Å². The number of cyclic esters (lactones) is 1. The van der Waals surface area contributed by atoms with Crippen LogP contribution in [0.15, 0.2) is 4.52 Å². The highest BCUT2D eigenvalue weighted by Crippen LogP contribution is 2.21. The minimum absolute atomic E-state index is 0.0455. The standard InChI is InChI=1S/C14H22N4O3/c1-10-8-12(14(19)20-10)18-5-3-4-17(6-7-18)9-13-15-11(2)21-16-13/h10,12H,3-9H2,1-2H3/t10-,12+/m1/s1. The molecule has 3 rings (SSSR count). The monoisotopic (exact) mass is 294 g/mol. The van der Waals surface area contributed by atoms with Gasteiger partial charge in [-0.15, -0.1) is 0 Å². The van der Waals surface area contributed by atoms with Crippen LogP contribution in [0.2, 0.25) is 0 Å². The fourth-order valence-corrected chi connectivity index (χ4v) is 3.10. The zero-order chi connectivity index (χ0) is 14.8. The van der Waals surface area contributed by atoms with Crippen LogP contribution in [0.25, 0.3) is 0 Å². The van der Waals surface area contributed by atoms with Crippen LogP contribution in [0, 0.1) is 6.92 Å². The van der Waals surface area contributed by atoms with Crippen LogP contribution in [-0.2, 0) is 16.1 Å². The van der Waals surface area contributed by atoms with Gasteiger partial charge in [0.2, 0.25) is 5.89 Å². The van der Waals surface area contributed by atoms with E-state index in [9.17, 15) is 4.79 Å². The first-order chi connectivity index (χ1) is 10.1. The second-order valence-electron chi connectivity index (χ2n) is 5.89. The van der Waals surface area contributed by atoms with Crippen molar-refractivity contribution in [1.29, 1.82) is 0 Å². The molecule has 2 fully saturated rings. The van der Waals surface area contributed by atoms with Gasteiger partial charge in [-0.2, -0.15) is 4.98 Å². The van der Waals surface area contributed by atoms with E-state index in [-0.39, 0.29) is 18.1 Å². The largest absolute Gasteiger partial charge is 0.461 e. The summed E-state index contributed by atoms with van der Waals surface area (Å²) >= 11 is 0. The quantitative estimate of drug-likeness (QED) is 0.755. The van der Waals surface area contributed by atoms with Gasteiger partial charge in [0.05, 0.1) is 6.54 Å². The third kappa shape index (κ3) is 3.41. The molecular weight excluding hydrogens is 272 g/mol. The molecule has 1 aromatic heterocycles. The van der Waals surface area contributed by atoms with E-state index in [4.69, 9.17) is 9.26 Å². The molecule has 3 heterocycles. The maximum atomic E-state index is 11.9. The lowest BCUT2D eigenvalue weighted by Crippen LogP contribution is -2.41. The van der Waals surface area contributed by atoms with Crippen LogP contribution in [0.3, 0.4) is 0 Å². The Morgan fingerprint density at radius 3 is 2.81 bits per heavy atom. The molecule has 7 heteroatoms. The Balaban J connectivity index is 1.55. The molecule has 0 bridgehead atoms. The van der Waals surface area contributed by atoms with Gasteiger partial charge in [0.1, 0.15) is 12.1 Å². The summed E-state index contributed by atoms with van der Waals surface area (Å²) in [6.45, 7) is 8.18. The number of hydrogen-bond acceptors (Lipinski definition) is 7. The molecule has 0 radical (unpaired) electrons. The Morgan fingerprint density at radius 1 is 1.29 bits per heavy atom. The molecule has 0 unspecified atom stereocenters. The van der Waals surface area contributed by atoms with Crippen molar-refractivity contribution < 1.29 is 14.1 Å². The summed E-state index contributed by atoms with van der Waals surface area (Å²) < 4.78 is 10.3. The minimum Gasteiger partial charge on any atom is -0.461 e. The first kappa shape index (κ1) is 14.5. The van der Waals surface area contributed by atoms with Crippen molar-refractivity contribution in [2.45, 2.75) is 45.4 Å². The van der Waals surface area contributed by atoms with E-state index in [0.29, 0.717) is 12.4 Å². The zero-order valence-corrected chi connectivity index (χ0v) is 12.6. The average Bonchev–Trinajstić information content (AvgIpc) is 2.90. The van der Waals surface area contributed by atoms with Crippen LogP contribution in [0.5, 0.6) is 0 Å². The topological polar surface area (TPSA) is 71.7 Å². The summed E-state index contributed by atoms with van der Waals surface area (Å²) in [5.41, 5.74) is 0. The van der Waals surface area contributed by atoms with Gasteiger partial charge in [0.25, 0.3) is 0 Å². The number of hydrogen-bond donors (Lipinski definition) is 0. The van der Waals surface area contributed by atoms with Crippen LogP contribution in [0.4, 0.5) is 0 Å². The van der Waals surface area contributed by atoms with Gasteiger partial charge in [-0.05, 0) is 19.9 Å². The average molecular weight is 294 g/mol. The predicted molar refractivity (Wildman–Crippen MR) is 74.5 cm³/mol. The van der Waals surface area contributed by atoms with E-state index in [1.165, 1.54) is 0 Å². The minimum atomic E-state index is -0.0651. The van der Waals surface area contributed by atoms with Gasteiger partial charge in [0, 0.05) is 33.0 Å². The highest BCUT2D eigenvalue weighted by molar-refractivity contribution is 5.77.